The molecular weight excluding hydrogens is 242 g/mol. The molecule has 2 aromatic rings. The van der Waals surface area contributed by atoms with Crippen LogP contribution in [-0.2, 0) is 13.0 Å². The first-order chi connectivity index (χ1) is 8.70. The third kappa shape index (κ3) is 3.15. The Bertz CT molecular complexity index is 483. The molecule has 3 nitrogen and oxygen atoms in total. The summed E-state index contributed by atoms with van der Waals surface area (Å²) in [5.41, 5.74) is 3.41. The van der Waals surface area contributed by atoms with Crippen LogP contribution in [-0.4, -0.2) is 16.5 Å². The Balaban J connectivity index is 2.19. The molecule has 2 heterocycles. The first kappa shape index (κ1) is 13.2. The van der Waals surface area contributed by atoms with Crippen LogP contribution in [0.2, 0.25) is 0 Å². The van der Waals surface area contributed by atoms with Crippen molar-refractivity contribution in [3.8, 4) is 0 Å². The van der Waals surface area contributed by atoms with E-state index < -0.39 is 0 Å². The molecule has 0 radical (unpaired) electrons. The number of nitrogens with one attached hydrogen (secondary N) is 1. The molecule has 0 fully saturated rings. The highest BCUT2D eigenvalue weighted by molar-refractivity contribution is 7.09. The van der Waals surface area contributed by atoms with E-state index >= 15 is 0 Å². The standard InChI is InChI=1S/C14H19N3S/c1-4-15-9-13-10(2)16-14(17-11(13)3)8-12-6-5-7-18-12/h5-7,15H,4,8-9H2,1-3H3. The molecule has 2 aromatic heterocycles. The van der Waals surface area contributed by atoms with Crippen LogP contribution in [0.5, 0.6) is 0 Å². The highest BCUT2D eigenvalue weighted by Gasteiger charge is 2.08. The van der Waals surface area contributed by atoms with Crippen molar-refractivity contribution >= 4 is 11.3 Å². The van der Waals surface area contributed by atoms with Crippen LogP contribution in [0.15, 0.2) is 17.5 Å². The predicted octanol–water partition coefficient (Wildman–Crippen LogP) is 2.86. The van der Waals surface area contributed by atoms with E-state index in [9.17, 15) is 0 Å². The lowest BCUT2D eigenvalue weighted by atomic mass is 10.1. The molecule has 0 unspecified atom stereocenters. The summed E-state index contributed by atoms with van der Waals surface area (Å²) in [6.45, 7) is 8.07. The fourth-order valence-electron chi connectivity index (χ4n) is 1.96. The highest BCUT2D eigenvalue weighted by atomic mass is 32.1. The zero-order chi connectivity index (χ0) is 13.0. The normalized spacial score (nSPS) is 10.8. The first-order valence-electron chi connectivity index (χ1n) is 6.26. The van der Waals surface area contributed by atoms with Crippen molar-refractivity contribution in [1.82, 2.24) is 15.3 Å². The Morgan fingerprint density at radius 1 is 1.22 bits per heavy atom. The van der Waals surface area contributed by atoms with Crippen LogP contribution in [0.1, 0.15) is 34.6 Å². The van der Waals surface area contributed by atoms with Crippen LogP contribution in [0.4, 0.5) is 0 Å². The summed E-state index contributed by atoms with van der Waals surface area (Å²) in [6.07, 6.45) is 0.834. The van der Waals surface area contributed by atoms with Crippen molar-refractivity contribution in [2.24, 2.45) is 0 Å². The van der Waals surface area contributed by atoms with Gasteiger partial charge in [-0.15, -0.1) is 11.3 Å². The Kier molecular flexibility index (Phi) is 4.44. The average Bonchev–Trinajstić information content (AvgIpc) is 2.81. The van der Waals surface area contributed by atoms with Gasteiger partial charge in [-0.1, -0.05) is 13.0 Å². The topological polar surface area (TPSA) is 37.8 Å². The molecule has 0 aliphatic rings. The van der Waals surface area contributed by atoms with Crippen molar-refractivity contribution in [3.63, 3.8) is 0 Å². The summed E-state index contributed by atoms with van der Waals surface area (Å²) < 4.78 is 0. The van der Waals surface area contributed by atoms with Gasteiger partial charge in [0, 0.05) is 34.8 Å². The fourth-order valence-corrected chi connectivity index (χ4v) is 2.66. The number of thiophene rings is 1. The predicted molar refractivity (Wildman–Crippen MR) is 76.0 cm³/mol. The Morgan fingerprint density at radius 3 is 2.50 bits per heavy atom. The monoisotopic (exact) mass is 261 g/mol. The van der Waals surface area contributed by atoms with Gasteiger partial charge in [-0.25, -0.2) is 9.97 Å². The van der Waals surface area contributed by atoms with Gasteiger partial charge in [-0.05, 0) is 31.8 Å². The third-order valence-corrected chi connectivity index (χ3v) is 3.81. The lowest BCUT2D eigenvalue weighted by Crippen LogP contribution is -2.16. The fraction of sp³-hybridized carbons (Fsp3) is 0.429. The smallest absolute Gasteiger partial charge is 0.134 e. The Labute approximate surface area is 112 Å². The van der Waals surface area contributed by atoms with E-state index in [2.05, 4.69) is 53.6 Å². The van der Waals surface area contributed by atoms with Gasteiger partial charge in [0.1, 0.15) is 5.82 Å². The van der Waals surface area contributed by atoms with E-state index in [0.717, 1.165) is 36.7 Å². The second-order valence-electron chi connectivity index (χ2n) is 4.33. The molecule has 4 heteroatoms. The number of hydrogen-bond donors (Lipinski definition) is 1. The van der Waals surface area contributed by atoms with E-state index in [0.29, 0.717) is 0 Å². The number of aryl methyl sites for hydroxylation is 2. The minimum atomic E-state index is 0.834. The van der Waals surface area contributed by atoms with Gasteiger partial charge in [0.05, 0.1) is 0 Å². The van der Waals surface area contributed by atoms with Crippen LogP contribution < -0.4 is 5.32 Å². The van der Waals surface area contributed by atoms with Gasteiger partial charge in [-0.3, -0.25) is 0 Å². The summed E-state index contributed by atoms with van der Waals surface area (Å²) in [5.74, 6) is 0.924. The summed E-state index contributed by atoms with van der Waals surface area (Å²) in [4.78, 5) is 10.5. The van der Waals surface area contributed by atoms with Gasteiger partial charge in [0.25, 0.3) is 0 Å². The van der Waals surface area contributed by atoms with Crippen LogP contribution >= 0.6 is 11.3 Å². The highest BCUT2D eigenvalue weighted by Crippen LogP contribution is 2.15. The molecule has 0 bridgehead atoms. The maximum Gasteiger partial charge on any atom is 0.134 e. The third-order valence-electron chi connectivity index (χ3n) is 2.93. The van der Waals surface area contributed by atoms with Crippen LogP contribution in [0, 0.1) is 13.8 Å². The summed E-state index contributed by atoms with van der Waals surface area (Å²) >= 11 is 1.76. The van der Waals surface area contributed by atoms with E-state index in [4.69, 9.17) is 0 Å². The van der Waals surface area contributed by atoms with Gasteiger partial charge in [0.15, 0.2) is 0 Å². The first-order valence-corrected chi connectivity index (χ1v) is 7.14. The van der Waals surface area contributed by atoms with Crippen molar-refractivity contribution in [2.45, 2.75) is 33.7 Å². The molecule has 0 atom stereocenters. The van der Waals surface area contributed by atoms with E-state index in [1.807, 2.05) is 0 Å². The number of nitrogens with zero attached hydrogens (tertiary/aromatic N) is 2. The average molecular weight is 261 g/mol. The molecule has 0 spiro atoms. The van der Waals surface area contributed by atoms with Gasteiger partial charge in [-0.2, -0.15) is 0 Å². The summed E-state index contributed by atoms with van der Waals surface area (Å²) in [7, 11) is 0. The molecule has 1 N–H and O–H groups in total. The number of aromatic nitrogens is 2. The molecule has 0 saturated carbocycles. The minimum Gasteiger partial charge on any atom is -0.313 e. The van der Waals surface area contributed by atoms with Gasteiger partial charge >= 0.3 is 0 Å². The zero-order valence-electron chi connectivity index (χ0n) is 11.2. The quantitative estimate of drug-likeness (QED) is 0.899. The second-order valence-corrected chi connectivity index (χ2v) is 5.36. The molecule has 0 saturated heterocycles. The summed E-state index contributed by atoms with van der Waals surface area (Å²) in [5, 5.41) is 5.43. The van der Waals surface area contributed by atoms with Crippen molar-refractivity contribution in [3.05, 3.63) is 45.2 Å². The molecule has 2 rings (SSSR count). The maximum atomic E-state index is 4.62. The van der Waals surface area contributed by atoms with Crippen LogP contribution in [0.25, 0.3) is 0 Å². The van der Waals surface area contributed by atoms with Crippen molar-refractivity contribution < 1.29 is 0 Å². The molecule has 0 aliphatic heterocycles. The zero-order valence-corrected chi connectivity index (χ0v) is 12.0. The maximum absolute atomic E-state index is 4.62. The minimum absolute atomic E-state index is 0.834. The molecule has 0 amide bonds. The van der Waals surface area contributed by atoms with Gasteiger partial charge in [0.2, 0.25) is 0 Å². The van der Waals surface area contributed by atoms with Crippen molar-refractivity contribution in [2.75, 3.05) is 6.54 Å². The lowest BCUT2D eigenvalue weighted by molar-refractivity contribution is 0.706. The Hall–Kier alpha value is -1.26. The molecular formula is C14H19N3S. The molecule has 18 heavy (non-hydrogen) atoms. The SMILES string of the molecule is CCNCc1c(C)nc(Cc2cccs2)nc1C. The second kappa shape index (κ2) is 6.07. The van der Waals surface area contributed by atoms with Crippen LogP contribution in [0.3, 0.4) is 0 Å². The molecule has 0 aliphatic carbocycles. The summed E-state index contributed by atoms with van der Waals surface area (Å²) in [6, 6.07) is 4.20. The largest absolute Gasteiger partial charge is 0.313 e. The van der Waals surface area contributed by atoms with Crippen molar-refractivity contribution in [1.29, 1.82) is 0 Å². The molecule has 96 valence electrons. The lowest BCUT2D eigenvalue weighted by Gasteiger charge is -2.10. The Morgan fingerprint density at radius 2 is 1.94 bits per heavy atom. The van der Waals surface area contributed by atoms with E-state index in [1.54, 1.807) is 11.3 Å². The van der Waals surface area contributed by atoms with Gasteiger partial charge < -0.3 is 5.32 Å². The number of rotatable bonds is 5. The molecule has 0 aromatic carbocycles. The number of hydrogen-bond acceptors (Lipinski definition) is 4. The van der Waals surface area contributed by atoms with E-state index in [-0.39, 0.29) is 0 Å². The van der Waals surface area contributed by atoms with E-state index in [1.165, 1.54) is 10.4 Å².